The molecule has 6 heteroatoms. The molecule has 1 saturated carbocycles. The highest BCUT2D eigenvalue weighted by Gasteiger charge is 2.36. The molecule has 2 rings (SSSR count). The van der Waals surface area contributed by atoms with Crippen LogP contribution in [0, 0.1) is 11.8 Å². The number of halogens is 2. The van der Waals surface area contributed by atoms with Crippen molar-refractivity contribution in [2.75, 3.05) is 27.2 Å². The summed E-state index contributed by atoms with van der Waals surface area (Å²) in [6.07, 6.45) is 5.52. The lowest BCUT2D eigenvalue weighted by Gasteiger charge is -2.40. The van der Waals surface area contributed by atoms with Gasteiger partial charge in [0, 0.05) is 31.6 Å². The Kier molecular flexibility index (Phi) is 9.17. The number of likely N-dealkylation sites (tertiary alicyclic amines) is 1. The second kappa shape index (κ2) is 9.19. The van der Waals surface area contributed by atoms with E-state index >= 15 is 0 Å². The van der Waals surface area contributed by atoms with E-state index in [-0.39, 0.29) is 30.7 Å². The normalized spacial score (nSPS) is 33.0. The minimum atomic E-state index is 0. The van der Waals surface area contributed by atoms with E-state index in [1.807, 2.05) is 11.9 Å². The van der Waals surface area contributed by atoms with E-state index in [0.717, 1.165) is 38.6 Å². The van der Waals surface area contributed by atoms with Crippen LogP contribution in [-0.4, -0.2) is 55.0 Å². The number of rotatable bonds is 3. The lowest BCUT2D eigenvalue weighted by Crippen LogP contribution is -2.50. The van der Waals surface area contributed by atoms with Gasteiger partial charge in [0.15, 0.2) is 0 Å². The number of piperidine rings is 1. The molecule has 1 saturated heterocycles. The van der Waals surface area contributed by atoms with Crippen molar-refractivity contribution < 1.29 is 4.79 Å². The highest BCUT2D eigenvalue weighted by molar-refractivity contribution is 5.85. The topological polar surface area (TPSA) is 49.6 Å². The Morgan fingerprint density at radius 2 is 1.95 bits per heavy atom. The van der Waals surface area contributed by atoms with Crippen LogP contribution in [0.4, 0.5) is 0 Å². The largest absolute Gasteiger partial charge is 0.342 e. The molecule has 2 N–H and O–H groups in total. The molecule has 0 aromatic carbocycles. The Balaban J connectivity index is 0.00000200. The number of hydrogen-bond donors (Lipinski definition) is 1. The Hall–Kier alpha value is -0.0300. The van der Waals surface area contributed by atoms with E-state index in [1.54, 1.807) is 0 Å². The number of carbonyl (C=O) groups is 1. The summed E-state index contributed by atoms with van der Waals surface area (Å²) in [4.78, 5) is 17.1. The summed E-state index contributed by atoms with van der Waals surface area (Å²) in [7, 11) is 4.17. The minimum Gasteiger partial charge on any atom is -0.342 e. The van der Waals surface area contributed by atoms with Gasteiger partial charge in [-0.25, -0.2) is 0 Å². The summed E-state index contributed by atoms with van der Waals surface area (Å²) in [6.45, 7) is 4.01. The van der Waals surface area contributed by atoms with Crippen molar-refractivity contribution in [2.45, 2.75) is 51.1 Å². The summed E-state index contributed by atoms with van der Waals surface area (Å²) >= 11 is 0. The van der Waals surface area contributed by atoms with Crippen molar-refractivity contribution in [1.29, 1.82) is 0 Å². The molecule has 0 radical (unpaired) electrons. The van der Waals surface area contributed by atoms with Crippen LogP contribution in [0.15, 0.2) is 0 Å². The van der Waals surface area contributed by atoms with Crippen molar-refractivity contribution in [3.05, 3.63) is 0 Å². The van der Waals surface area contributed by atoms with Crippen LogP contribution in [-0.2, 0) is 4.79 Å². The fraction of sp³-hybridized carbons (Fsp3) is 0.933. The maximum atomic E-state index is 12.7. The first kappa shape index (κ1) is 21.0. The molecule has 4 nitrogen and oxygen atoms in total. The second-order valence-electron chi connectivity index (χ2n) is 6.49. The van der Waals surface area contributed by atoms with Crippen LogP contribution in [0.3, 0.4) is 0 Å². The third-order valence-electron chi connectivity index (χ3n) is 5.36. The molecular weight excluding hydrogens is 309 g/mol. The van der Waals surface area contributed by atoms with E-state index in [4.69, 9.17) is 5.73 Å². The predicted molar refractivity (Wildman–Crippen MR) is 92.3 cm³/mol. The van der Waals surface area contributed by atoms with Crippen molar-refractivity contribution >= 4 is 30.7 Å². The van der Waals surface area contributed by atoms with Gasteiger partial charge in [-0.2, -0.15) is 0 Å². The lowest BCUT2D eigenvalue weighted by atomic mass is 9.92. The van der Waals surface area contributed by atoms with Crippen molar-refractivity contribution in [2.24, 2.45) is 17.6 Å². The Bertz CT molecular complexity index is 330. The van der Waals surface area contributed by atoms with Crippen LogP contribution in [0.1, 0.15) is 39.0 Å². The predicted octanol–water partition coefficient (Wildman–Crippen LogP) is 2.15. The molecular formula is C15H31Cl2N3O. The number of hydrogen-bond acceptors (Lipinski definition) is 3. The van der Waals surface area contributed by atoms with E-state index in [0.29, 0.717) is 30.5 Å². The zero-order valence-corrected chi connectivity index (χ0v) is 15.1. The molecule has 21 heavy (non-hydrogen) atoms. The number of nitrogens with two attached hydrogens (primary N) is 1. The quantitative estimate of drug-likeness (QED) is 0.856. The average Bonchev–Trinajstić information content (AvgIpc) is 2.88. The molecule has 1 amide bonds. The molecule has 0 spiro atoms. The average molecular weight is 340 g/mol. The molecule has 0 bridgehead atoms. The molecule has 2 unspecified atom stereocenters. The van der Waals surface area contributed by atoms with Gasteiger partial charge in [-0.15, -0.1) is 24.8 Å². The standard InChI is InChI=1S/C15H29N3O.2ClH/c1-11-9-13(7-8-17(11)2)18(3)15(19)14-6-4-5-12(14)10-16;;/h11-14H,4-10,16H2,1-3H3;2*1H/t11?,12-,13?,14-;;/m1../s1. The van der Waals surface area contributed by atoms with Crippen LogP contribution in [0.5, 0.6) is 0 Å². The van der Waals surface area contributed by atoms with Gasteiger partial charge in [0.25, 0.3) is 0 Å². The molecule has 2 aliphatic rings. The highest BCUT2D eigenvalue weighted by atomic mass is 35.5. The van der Waals surface area contributed by atoms with Crippen LogP contribution >= 0.6 is 24.8 Å². The number of amides is 1. The van der Waals surface area contributed by atoms with Crippen molar-refractivity contribution in [1.82, 2.24) is 9.80 Å². The Morgan fingerprint density at radius 1 is 1.29 bits per heavy atom. The fourth-order valence-corrected chi connectivity index (χ4v) is 3.70. The number of nitrogens with zero attached hydrogens (tertiary/aromatic N) is 2. The first-order valence-electron chi connectivity index (χ1n) is 7.71. The first-order chi connectivity index (χ1) is 9.04. The zero-order valence-electron chi connectivity index (χ0n) is 13.5. The molecule has 1 aliphatic carbocycles. The van der Waals surface area contributed by atoms with Crippen molar-refractivity contribution in [3.63, 3.8) is 0 Å². The van der Waals surface area contributed by atoms with Gasteiger partial charge in [0.05, 0.1) is 0 Å². The lowest BCUT2D eigenvalue weighted by molar-refractivity contribution is -0.138. The third kappa shape index (κ3) is 4.72. The van der Waals surface area contributed by atoms with Gasteiger partial charge >= 0.3 is 0 Å². The van der Waals surface area contributed by atoms with Gasteiger partial charge in [-0.3, -0.25) is 4.79 Å². The monoisotopic (exact) mass is 339 g/mol. The van der Waals surface area contributed by atoms with Gasteiger partial charge in [-0.1, -0.05) is 6.42 Å². The summed E-state index contributed by atoms with van der Waals surface area (Å²) in [5, 5.41) is 0. The van der Waals surface area contributed by atoms with E-state index in [2.05, 4.69) is 18.9 Å². The Labute approximate surface area is 141 Å². The molecule has 1 aliphatic heterocycles. The molecule has 4 atom stereocenters. The second-order valence-corrected chi connectivity index (χ2v) is 6.49. The SMILES string of the molecule is CC1CC(N(C)C(=O)[C@@H]2CCC[C@@H]2CN)CCN1C.Cl.Cl. The fourth-order valence-electron chi connectivity index (χ4n) is 3.70. The third-order valence-corrected chi connectivity index (χ3v) is 5.36. The Morgan fingerprint density at radius 3 is 2.52 bits per heavy atom. The molecule has 126 valence electrons. The van der Waals surface area contributed by atoms with Gasteiger partial charge in [-0.05, 0) is 52.1 Å². The van der Waals surface area contributed by atoms with Crippen molar-refractivity contribution in [3.8, 4) is 0 Å². The van der Waals surface area contributed by atoms with Gasteiger partial charge in [0.2, 0.25) is 5.91 Å². The van der Waals surface area contributed by atoms with Gasteiger partial charge < -0.3 is 15.5 Å². The summed E-state index contributed by atoms with van der Waals surface area (Å²) < 4.78 is 0. The summed E-state index contributed by atoms with van der Waals surface area (Å²) in [6, 6.07) is 0.987. The maximum Gasteiger partial charge on any atom is 0.226 e. The van der Waals surface area contributed by atoms with Gasteiger partial charge in [0.1, 0.15) is 0 Å². The van der Waals surface area contributed by atoms with Crippen LogP contribution < -0.4 is 5.73 Å². The summed E-state index contributed by atoms with van der Waals surface area (Å²) in [5.41, 5.74) is 5.80. The van der Waals surface area contributed by atoms with E-state index < -0.39 is 0 Å². The maximum absolute atomic E-state index is 12.7. The molecule has 2 fully saturated rings. The first-order valence-corrected chi connectivity index (χ1v) is 7.71. The minimum absolute atomic E-state index is 0. The zero-order chi connectivity index (χ0) is 14.0. The van der Waals surface area contributed by atoms with Crippen LogP contribution in [0.2, 0.25) is 0 Å². The molecule has 1 heterocycles. The summed E-state index contributed by atoms with van der Waals surface area (Å²) in [5.74, 6) is 0.943. The molecule has 0 aromatic rings. The number of carbonyl (C=O) groups excluding carboxylic acids is 1. The highest BCUT2D eigenvalue weighted by Crippen LogP contribution is 2.33. The smallest absolute Gasteiger partial charge is 0.226 e. The van der Waals surface area contributed by atoms with E-state index in [1.165, 1.54) is 0 Å². The molecule has 0 aromatic heterocycles. The van der Waals surface area contributed by atoms with Crippen LogP contribution in [0.25, 0.3) is 0 Å². The van der Waals surface area contributed by atoms with E-state index in [9.17, 15) is 4.79 Å².